The number of epoxide rings is 1. The zero-order valence-corrected chi connectivity index (χ0v) is 10.6. The molecule has 106 valence electrons. The lowest BCUT2D eigenvalue weighted by molar-refractivity contribution is -0.156. The Kier molecular flexibility index (Phi) is 5.95. The third-order valence-electron chi connectivity index (χ3n) is 2.29. The summed E-state index contributed by atoms with van der Waals surface area (Å²) in [5, 5.41) is 0. The summed E-state index contributed by atoms with van der Waals surface area (Å²) in [4.78, 5) is 20.2. The van der Waals surface area contributed by atoms with Crippen LogP contribution in [0.5, 0.6) is 0 Å². The van der Waals surface area contributed by atoms with Crippen molar-refractivity contribution in [2.24, 2.45) is 11.7 Å². The van der Waals surface area contributed by atoms with Crippen LogP contribution < -0.4 is 5.73 Å². The Hall–Kier alpha value is -0.950. The van der Waals surface area contributed by atoms with Crippen molar-refractivity contribution in [3.63, 3.8) is 0 Å². The van der Waals surface area contributed by atoms with E-state index >= 15 is 0 Å². The summed E-state index contributed by atoms with van der Waals surface area (Å²) < 4.78 is 36.3. The Bertz CT molecular complexity index is 298. The molecule has 4 nitrogen and oxygen atoms in total. The summed E-state index contributed by atoms with van der Waals surface area (Å²) in [5.41, 5.74) is 5.17. The zero-order chi connectivity index (χ0) is 14.6. The van der Waals surface area contributed by atoms with Crippen LogP contribution in [-0.2, 0) is 14.3 Å². The summed E-state index contributed by atoms with van der Waals surface area (Å²) in [5.74, 6) is 0.516. The molecule has 0 unspecified atom stereocenters. The topological polar surface area (TPSA) is 72.7 Å². The summed E-state index contributed by atoms with van der Waals surface area (Å²) in [6, 6.07) is -0.350. The summed E-state index contributed by atoms with van der Waals surface area (Å²) in [6.45, 7) is 6.46. The van der Waals surface area contributed by atoms with E-state index in [0.29, 0.717) is 12.5 Å². The molecule has 0 spiro atoms. The maximum Gasteiger partial charge on any atom is 0.446 e. The average molecular weight is 269 g/mol. The Balaban J connectivity index is 0.000000411. The van der Waals surface area contributed by atoms with Crippen LogP contribution in [-0.4, -0.2) is 36.5 Å². The van der Waals surface area contributed by atoms with Crippen LogP contribution in [0, 0.1) is 5.92 Å². The quantitative estimate of drug-likeness (QED) is 0.619. The number of halogens is 3. The second-order valence-electron chi connectivity index (χ2n) is 4.78. The normalized spacial score (nSPS) is 24.0. The molecule has 0 aliphatic carbocycles. The van der Waals surface area contributed by atoms with Crippen molar-refractivity contribution < 1.29 is 27.5 Å². The first kappa shape index (κ1) is 17.1. The van der Waals surface area contributed by atoms with Crippen LogP contribution in [0.1, 0.15) is 27.2 Å². The lowest BCUT2D eigenvalue weighted by atomic mass is 9.94. The number of Topliss-reactive ketones (excluding diaryl/α,β-unsaturated/α-hetero) is 1. The molecular formula is C11H18F3NO3. The van der Waals surface area contributed by atoms with Gasteiger partial charge in [0.15, 0.2) is 5.78 Å². The molecule has 18 heavy (non-hydrogen) atoms. The van der Waals surface area contributed by atoms with E-state index < -0.39 is 18.1 Å². The first-order valence-electron chi connectivity index (χ1n) is 5.49. The third-order valence-corrected chi connectivity index (χ3v) is 2.29. The van der Waals surface area contributed by atoms with E-state index in [0.717, 1.165) is 6.42 Å². The van der Waals surface area contributed by atoms with E-state index in [1.165, 1.54) is 0 Å². The Morgan fingerprint density at radius 2 is 1.89 bits per heavy atom. The molecule has 7 heteroatoms. The maximum absolute atomic E-state index is 11.5. The standard InChI is InChI=1S/C9H17NO2.C2HF3O/c1-6(2)4-7(10)8(11)9(3)5-12-9;3-2(4,5)1-6/h6-7H,4-5,10H2,1-3H3;1H/t7-,9+;/m0./s1. The molecule has 2 N–H and O–H groups in total. The predicted octanol–water partition coefficient (Wildman–Crippen LogP) is 1.47. The monoisotopic (exact) mass is 269 g/mol. The molecule has 0 amide bonds. The van der Waals surface area contributed by atoms with Crippen LogP contribution in [0.3, 0.4) is 0 Å². The second-order valence-corrected chi connectivity index (χ2v) is 4.78. The Labute approximate surface area is 104 Å². The first-order valence-corrected chi connectivity index (χ1v) is 5.49. The van der Waals surface area contributed by atoms with E-state index in [2.05, 4.69) is 13.8 Å². The van der Waals surface area contributed by atoms with Crippen molar-refractivity contribution in [3.05, 3.63) is 0 Å². The van der Waals surface area contributed by atoms with Crippen LogP contribution in [0.4, 0.5) is 13.2 Å². The number of alkyl halides is 3. The minimum Gasteiger partial charge on any atom is -0.362 e. The lowest BCUT2D eigenvalue weighted by Gasteiger charge is -2.14. The third kappa shape index (κ3) is 6.70. The fraction of sp³-hybridized carbons (Fsp3) is 0.818. The summed E-state index contributed by atoms with van der Waals surface area (Å²) >= 11 is 0. The van der Waals surface area contributed by atoms with Crippen LogP contribution in [0.15, 0.2) is 0 Å². The highest BCUT2D eigenvalue weighted by molar-refractivity contribution is 5.93. The zero-order valence-electron chi connectivity index (χ0n) is 10.6. The smallest absolute Gasteiger partial charge is 0.362 e. The number of carbonyl (C=O) groups is 2. The van der Waals surface area contributed by atoms with Crippen molar-refractivity contribution in [1.29, 1.82) is 0 Å². The van der Waals surface area contributed by atoms with Gasteiger partial charge in [-0.2, -0.15) is 13.2 Å². The molecule has 1 heterocycles. The molecule has 1 aliphatic heterocycles. The molecular weight excluding hydrogens is 251 g/mol. The minimum atomic E-state index is -4.64. The SMILES string of the molecule is CC(C)C[C@H](N)C(=O)[C@@]1(C)CO1.O=CC(F)(F)F. The molecule has 0 aromatic heterocycles. The molecule has 0 aromatic carbocycles. The predicted molar refractivity (Wildman–Crippen MR) is 58.9 cm³/mol. The van der Waals surface area contributed by atoms with Gasteiger partial charge in [-0.1, -0.05) is 13.8 Å². The van der Waals surface area contributed by atoms with Gasteiger partial charge in [0, 0.05) is 0 Å². The van der Waals surface area contributed by atoms with Gasteiger partial charge in [-0.25, -0.2) is 0 Å². The molecule has 2 atom stereocenters. The number of ketones is 1. The molecule has 0 radical (unpaired) electrons. The number of carbonyl (C=O) groups excluding carboxylic acids is 2. The molecule has 0 aromatic rings. The number of nitrogens with two attached hydrogens (primary N) is 1. The number of rotatable bonds is 4. The van der Waals surface area contributed by atoms with Crippen molar-refractivity contribution >= 4 is 12.1 Å². The Morgan fingerprint density at radius 1 is 1.50 bits per heavy atom. The van der Waals surface area contributed by atoms with Crippen molar-refractivity contribution in [1.82, 2.24) is 0 Å². The molecule has 1 saturated heterocycles. The number of aldehydes is 1. The van der Waals surface area contributed by atoms with Gasteiger partial charge < -0.3 is 10.5 Å². The summed E-state index contributed by atoms with van der Waals surface area (Å²) in [7, 11) is 0. The lowest BCUT2D eigenvalue weighted by Crippen LogP contribution is -2.40. The minimum absolute atomic E-state index is 0.0520. The van der Waals surface area contributed by atoms with Crippen molar-refractivity contribution in [2.45, 2.75) is 45.0 Å². The van der Waals surface area contributed by atoms with Crippen LogP contribution in [0.2, 0.25) is 0 Å². The maximum atomic E-state index is 11.5. The fourth-order valence-corrected chi connectivity index (χ4v) is 1.26. The average Bonchev–Trinajstić information content (AvgIpc) is 2.95. The molecule has 0 bridgehead atoms. The van der Waals surface area contributed by atoms with Gasteiger partial charge in [0.25, 0.3) is 0 Å². The number of ether oxygens (including phenoxy) is 1. The van der Waals surface area contributed by atoms with Crippen LogP contribution in [0.25, 0.3) is 0 Å². The van der Waals surface area contributed by atoms with Gasteiger partial charge in [-0.15, -0.1) is 0 Å². The molecule has 1 fully saturated rings. The van der Waals surface area contributed by atoms with E-state index in [4.69, 9.17) is 15.3 Å². The van der Waals surface area contributed by atoms with Gasteiger partial charge in [0.1, 0.15) is 5.60 Å². The highest BCUT2D eigenvalue weighted by Gasteiger charge is 2.48. The van der Waals surface area contributed by atoms with E-state index in [9.17, 15) is 18.0 Å². The van der Waals surface area contributed by atoms with Gasteiger partial charge in [0.05, 0.1) is 12.6 Å². The van der Waals surface area contributed by atoms with Crippen molar-refractivity contribution in [3.8, 4) is 0 Å². The first-order chi connectivity index (χ1) is 8.02. The summed E-state index contributed by atoms with van der Waals surface area (Å²) in [6.07, 6.45) is -4.95. The largest absolute Gasteiger partial charge is 0.446 e. The van der Waals surface area contributed by atoms with Gasteiger partial charge in [-0.05, 0) is 19.3 Å². The Morgan fingerprint density at radius 3 is 2.11 bits per heavy atom. The molecule has 1 rings (SSSR count). The fourth-order valence-electron chi connectivity index (χ4n) is 1.26. The van der Waals surface area contributed by atoms with E-state index in [1.54, 1.807) is 6.92 Å². The van der Waals surface area contributed by atoms with Crippen molar-refractivity contribution in [2.75, 3.05) is 6.61 Å². The van der Waals surface area contributed by atoms with Gasteiger partial charge in [0.2, 0.25) is 6.29 Å². The van der Waals surface area contributed by atoms with E-state index in [-0.39, 0.29) is 11.8 Å². The highest BCUT2D eigenvalue weighted by atomic mass is 19.4. The van der Waals surface area contributed by atoms with Gasteiger partial charge in [-0.3, -0.25) is 9.59 Å². The second kappa shape index (κ2) is 6.29. The highest BCUT2D eigenvalue weighted by Crippen LogP contribution is 2.28. The number of hydrogen-bond donors (Lipinski definition) is 1. The molecule has 0 saturated carbocycles. The van der Waals surface area contributed by atoms with Gasteiger partial charge >= 0.3 is 6.18 Å². The number of hydrogen-bond acceptors (Lipinski definition) is 4. The molecule has 1 aliphatic rings. The van der Waals surface area contributed by atoms with E-state index in [1.807, 2.05) is 0 Å². The van der Waals surface area contributed by atoms with Crippen LogP contribution >= 0.6 is 0 Å².